The third-order valence-corrected chi connectivity index (χ3v) is 1.19. The summed E-state index contributed by atoms with van der Waals surface area (Å²) in [4.78, 5) is 0. The van der Waals surface area contributed by atoms with Crippen LogP contribution in [0.2, 0.25) is 0 Å². The maximum Gasteiger partial charge on any atom is 0.0285 e. The third-order valence-electron chi connectivity index (χ3n) is 1.19. The molecular weight excluding hydrogens is 122 g/mol. The van der Waals surface area contributed by atoms with E-state index in [0.29, 0.717) is 5.71 Å². The average molecular weight is 137 g/mol. The lowest BCUT2D eigenvalue weighted by Crippen LogP contribution is -1.83. The van der Waals surface area contributed by atoms with E-state index in [2.05, 4.69) is 6.92 Å². The van der Waals surface area contributed by atoms with Crippen molar-refractivity contribution in [1.29, 1.82) is 5.41 Å². The molecule has 0 unspecified atom stereocenters. The highest BCUT2D eigenvalue weighted by Gasteiger charge is 1.86. The summed E-state index contributed by atoms with van der Waals surface area (Å²) in [5, 5.41) is 7.20. The molecule has 0 fully saturated rings. The second kappa shape index (κ2) is 4.98. The molecule has 0 aliphatic heterocycles. The molecular formula is C9H15N. The van der Waals surface area contributed by atoms with Gasteiger partial charge in [-0.25, -0.2) is 0 Å². The van der Waals surface area contributed by atoms with Crippen molar-refractivity contribution < 1.29 is 0 Å². The van der Waals surface area contributed by atoms with Gasteiger partial charge in [0.1, 0.15) is 0 Å². The molecule has 0 atom stereocenters. The predicted molar refractivity (Wildman–Crippen MR) is 46.6 cm³/mol. The van der Waals surface area contributed by atoms with Crippen LogP contribution in [0, 0.1) is 5.41 Å². The highest BCUT2D eigenvalue weighted by molar-refractivity contribution is 5.90. The van der Waals surface area contributed by atoms with Gasteiger partial charge < -0.3 is 5.41 Å². The van der Waals surface area contributed by atoms with Crippen molar-refractivity contribution in [3.8, 4) is 0 Å². The Morgan fingerprint density at radius 2 is 2.10 bits per heavy atom. The summed E-state index contributed by atoms with van der Waals surface area (Å²) in [5.41, 5.74) is 1.84. The Labute approximate surface area is 63.0 Å². The van der Waals surface area contributed by atoms with Gasteiger partial charge in [-0.1, -0.05) is 19.1 Å². The summed E-state index contributed by atoms with van der Waals surface area (Å²) >= 11 is 0. The molecule has 0 aromatic heterocycles. The minimum Gasteiger partial charge on any atom is -0.306 e. The van der Waals surface area contributed by atoms with Crippen LogP contribution in [0.3, 0.4) is 0 Å². The first-order chi connectivity index (χ1) is 4.70. The van der Waals surface area contributed by atoms with Crippen LogP contribution in [0.1, 0.15) is 27.2 Å². The molecule has 0 radical (unpaired) electrons. The molecule has 0 aliphatic carbocycles. The summed E-state index contributed by atoms with van der Waals surface area (Å²) in [6.07, 6.45) is 6.93. The lowest BCUT2D eigenvalue weighted by Gasteiger charge is -1.94. The van der Waals surface area contributed by atoms with Gasteiger partial charge in [0, 0.05) is 5.71 Å². The van der Waals surface area contributed by atoms with Crippen LogP contribution in [0.25, 0.3) is 0 Å². The molecule has 56 valence electrons. The number of allylic oxidation sites excluding steroid dienone is 4. The highest BCUT2D eigenvalue weighted by Crippen LogP contribution is 2.01. The monoisotopic (exact) mass is 137 g/mol. The standard InChI is InChI=1S/C9H15N/c1-4-6-9(5-2)7-8(3)10/h4,6-7,10H,5H2,1-3H3/b6-4?,9-7-,10-8?. The molecule has 0 amide bonds. The van der Waals surface area contributed by atoms with E-state index in [1.54, 1.807) is 6.92 Å². The van der Waals surface area contributed by atoms with Crippen molar-refractivity contribution in [2.75, 3.05) is 0 Å². The summed E-state index contributed by atoms with van der Waals surface area (Å²) in [7, 11) is 0. The predicted octanol–water partition coefficient (Wildman–Crippen LogP) is 2.94. The van der Waals surface area contributed by atoms with Gasteiger partial charge in [-0.05, 0) is 31.9 Å². The smallest absolute Gasteiger partial charge is 0.0285 e. The maximum absolute atomic E-state index is 7.20. The average Bonchev–Trinajstić information content (AvgIpc) is 1.86. The molecule has 0 aromatic carbocycles. The third kappa shape index (κ3) is 4.07. The van der Waals surface area contributed by atoms with Gasteiger partial charge in [-0.2, -0.15) is 0 Å². The van der Waals surface area contributed by atoms with E-state index in [0.717, 1.165) is 6.42 Å². The molecule has 1 nitrogen and oxygen atoms in total. The van der Waals surface area contributed by atoms with Gasteiger partial charge in [0.2, 0.25) is 0 Å². The van der Waals surface area contributed by atoms with E-state index in [-0.39, 0.29) is 0 Å². The zero-order valence-corrected chi connectivity index (χ0v) is 6.94. The fourth-order valence-corrected chi connectivity index (χ4v) is 0.760. The van der Waals surface area contributed by atoms with Crippen LogP contribution in [0.4, 0.5) is 0 Å². The van der Waals surface area contributed by atoms with E-state index in [1.807, 2.05) is 25.2 Å². The first kappa shape index (κ1) is 9.15. The van der Waals surface area contributed by atoms with Crippen molar-refractivity contribution in [3.05, 3.63) is 23.8 Å². The molecule has 0 bridgehead atoms. The van der Waals surface area contributed by atoms with Crippen LogP contribution >= 0.6 is 0 Å². The zero-order chi connectivity index (χ0) is 7.98. The first-order valence-electron chi connectivity index (χ1n) is 3.59. The second-order valence-electron chi connectivity index (χ2n) is 2.26. The van der Waals surface area contributed by atoms with Crippen LogP contribution in [0.15, 0.2) is 23.8 Å². The molecule has 0 rings (SSSR count). The molecule has 0 spiro atoms. The summed E-state index contributed by atoms with van der Waals surface area (Å²) < 4.78 is 0. The largest absolute Gasteiger partial charge is 0.306 e. The van der Waals surface area contributed by atoms with E-state index < -0.39 is 0 Å². The highest BCUT2D eigenvalue weighted by atomic mass is 14.4. The summed E-state index contributed by atoms with van der Waals surface area (Å²) in [6.45, 7) is 5.87. The molecule has 0 aliphatic rings. The lowest BCUT2D eigenvalue weighted by atomic mass is 10.1. The van der Waals surface area contributed by atoms with E-state index in [9.17, 15) is 0 Å². The molecule has 0 heterocycles. The maximum atomic E-state index is 7.20. The molecule has 0 saturated heterocycles. The van der Waals surface area contributed by atoms with Gasteiger partial charge in [-0.3, -0.25) is 0 Å². The van der Waals surface area contributed by atoms with Gasteiger partial charge >= 0.3 is 0 Å². The zero-order valence-electron chi connectivity index (χ0n) is 6.94. The minimum atomic E-state index is 0.620. The Bertz CT molecular complexity index is 164. The lowest BCUT2D eigenvalue weighted by molar-refractivity contribution is 1.15. The van der Waals surface area contributed by atoms with Crippen molar-refractivity contribution in [1.82, 2.24) is 0 Å². The molecule has 1 N–H and O–H groups in total. The second-order valence-corrected chi connectivity index (χ2v) is 2.26. The van der Waals surface area contributed by atoms with Crippen molar-refractivity contribution >= 4 is 5.71 Å². The summed E-state index contributed by atoms with van der Waals surface area (Å²) in [6, 6.07) is 0. The minimum absolute atomic E-state index is 0.620. The molecule has 0 aromatic rings. The van der Waals surface area contributed by atoms with E-state index in [1.165, 1.54) is 5.57 Å². The number of hydrogen-bond donors (Lipinski definition) is 1. The normalized spacial score (nSPS) is 12.5. The van der Waals surface area contributed by atoms with E-state index in [4.69, 9.17) is 5.41 Å². The molecule has 0 saturated carbocycles. The van der Waals surface area contributed by atoms with Gasteiger partial charge in [0.25, 0.3) is 0 Å². The molecule has 1 heteroatoms. The van der Waals surface area contributed by atoms with Gasteiger partial charge in [0.05, 0.1) is 0 Å². The SMILES string of the molecule is CC=C/C(=C\C(C)=N)CC. The topological polar surface area (TPSA) is 23.9 Å². The number of rotatable bonds is 3. The van der Waals surface area contributed by atoms with Crippen LogP contribution in [-0.4, -0.2) is 5.71 Å². The Kier molecular flexibility index (Phi) is 4.55. The van der Waals surface area contributed by atoms with Crippen LogP contribution in [0.5, 0.6) is 0 Å². The van der Waals surface area contributed by atoms with Crippen LogP contribution in [-0.2, 0) is 0 Å². The van der Waals surface area contributed by atoms with Crippen LogP contribution < -0.4 is 0 Å². The fourth-order valence-electron chi connectivity index (χ4n) is 0.760. The Morgan fingerprint density at radius 3 is 2.40 bits per heavy atom. The van der Waals surface area contributed by atoms with Gasteiger partial charge in [-0.15, -0.1) is 0 Å². The van der Waals surface area contributed by atoms with E-state index >= 15 is 0 Å². The van der Waals surface area contributed by atoms with Gasteiger partial charge in [0.15, 0.2) is 0 Å². The Hall–Kier alpha value is -0.850. The Balaban J connectivity index is 4.18. The van der Waals surface area contributed by atoms with Crippen molar-refractivity contribution in [2.45, 2.75) is 27.2 Å². The molecule has 10 heavy (non-hydrogen) atoms. The number of nitrogens with one attached hydrogen (secondary N) is 1. The van der Waals surface area contributed by atoms with Crippen molar-refractivity contribution in [2.24, 2.45) is 0 Å². The number of hydrogen-bond acceptors (Lipinski definition) is 1. The fraction of sp³-hybridized carbons (Fsp3) is 0.444. The summed E-state index contributed by atoms with van der Waals surface area (Å²) in [5.74, 6) is 0. The Morgan fingerprint density at radius 1 is 1.50 bits per heavy atom. The first-order valence-corrected chi connectivity index (χ1v) is 3.59. The quantitative estimate of drug-likeness (QED) is 0.457. The van der Waals surface area contributed by atoms with Crippen molar-refractivity contribution in [3.63, 3.8) is 0 Å².